The van der Waals surface area contributed by atoms with Gasteiger partial charge in [-0.1, -0.05) is 41.7 Å². The van der Waals surface area contributed by atoms with E-state index in [-0.39, 0.29) is 11.7 Å². The van der Waals surface area contributed by atoms with Crippen LogP contribution in [0.3, 0.4) is 0 Å². The first-order chi connectivity index (χ1) is 12.6. The van der Waals surface area contributed by atoms with Crippen LogP contribution in [0.5, 0.6) is 0 Å². The number of carbonyl (C=O) groups excluding carboxylic acids is 1. The van der Waals surface area contributed by atoms with Gasteiger partial charge in [-0.25, -0.2) is 9.97 Å². The molecule has 3 aromatic rings. The van der Waals surface area contributed by atoms with Crippen LogP contribution >= 0.6 is 23.5 Å². The molecular formula is C20H19N3OS2. The zero-order valence-electron chi connectivity index (χ0n) is 14.6. The van der Waals surface area contributed by atoms with Crippen LogP contribution in [0.25, 0.3) is 0 Å². The Hall–Kier alpha value is -2.31. The summed E-state index contributed by atoms with van der Waals surface area (Å²) in [5.74, 6) is 0.213. The maximum atomic E-state index is 12.1. The topological polar surface area (TPSA) is 54.9 Å². The molecule has 0 radical (unpaired) electrons. The summed E-state index contributed by atoms with van der Waals surface area (Å²) in [5, 5.41) is 3.54. The summed E-state index contributed by atoms with van der Waals surface area (Å²) in [5.41, 5.74) is 2.60. The van der Waals surface area contributed by atoms with Crippen molar-refractivity contribution >= 4 is 35.1 Å². The number of amides is 1. The summed E-state index contributed by atoms with van der Waals surface area (Å²) in [6, 6.07) is 20.0. The predicted molar refractivity (Wildman–Crippen MR) is 108 cm³/mol. The average Bonchev–Trinajstić information content (AvgIpc) is 2.62. The summed E-state index contributed by atoms with van der Waals surface area (Å²) in [6.45, 7) is 3.85. The van der Waals surface area contributed by atoms with Crippen LogP contribution in [0.4, 0.5) is 5.69 Å². The largest absolute Gasteiger partial charge is 0.325 e. The molecule has 0 aliphatic rings. The smallest absolute Gasteiger partial charge is 0.234 e. The molecule has 0 spiro atoms. The quantitative estimate of drug-likeness (QED) is 0.482. The van der Waals surface area contributed by atoms with Gasteiger partial charge in [0.2, 0.25) is 5.91 Å². The minimum Gasteiger partial charge on any atom is -0.325 e. The molecule has 132 valence electrons. The lowest BCUT2D eigenvalue weighted by atomic mass is 10.3. The molecule has 0 atom stereocenters. The van der Waals surface area contributed by atoms with Gasteiger partial charge in [0.05, 0.1) is 5.75 Å². The number of aromatic nitrogens is 2. The summed E-state index contributed by atoms with van der Waals surface area (Å²) >= 11 is 3.03. The first-order valence-electron chi connectivity index (χ1n) is 8.16. The van der Waals surface area contributed by atoms with Gasteiger partial charge < -0.3 is 5.32 Å². The number of thioether (sulfide) groups is 1. The van der Waals surface area contributed by atoms with Crippen LogP contribution in [-0.2, 0) is 4.79 Å². The van der Waals surface area contributed by atoms with Gasteiger partial charge in [0.15, 0.2) is 5.16 Å². The Morgan fingerprint density at radius 2 is 1.54 bits per heavy atom. The van der Waals surface area contributed by atoms with Crippen molar-refractivity contribution in [1.82, 2.24) is 9.97 Å². The molecular weight excluding hydrogens is 362 g/mol. The number of benzene rings is 2. The van der Waals surface area contributed by atoms with Crippen LogP contribution in [0, 0.1) is 13.8 Å². The van der Waals surface area contributed by atoms with Crippen molar-refractivity contribution in [3.63, 3.8) is 0 Å². The van der Waals surface area contributed by atoms with Crippen molar-refractivity contribution in [1.29, 1.82) is 0 Å². The van der Waals surface area contributed by atoms with E-state index in [2.05, 4.69) is 27.4 Å². The highest BCUT2D eigenvalue weighted by Gasteiger charge is 2.07. The van der Waals surface area contributed by atoms with Gasteiger partial charge in [0, 0.05) is 26.9 Å². The standard InChI is InChI=1S/C20H19N3OS2/c1-14-12-15(2)22-20(21-14)25-13-19(24)23-16-8-10-18(11-9-16)26-17-6-4-3-5-7-17/h3-12H,13H2,1-2H3,(H,23,24). The highest BCUT2D eigenvalue weighted by atomic mass is 32.2. The lowest BCUT2D eigenvalue weighted by Crippen LogP contribution is -2.14. The maximum Gasteiger partial charge on any atom is 0.234 e. The Kier molecular flexibility index (Phi) is 6.30. The molecule has 2 aromatic carbocycles. The summed E-state index contributed by atoms with van der Waals surface area (Å²) in [7, 11) is 0. The number of nitrogens with one attached hydrogen (secondary N) is 1. The molecule has 26 heavy (non-hydrogen) atoms. The number of hydrogen-bond acceptors (Lipinski definition) is 5. The van der Waals surface area contributed by atoms with Gasteiger partial charge in [0.1, 0.15) is 0 Å². The van der Waals surface area contributed by atoms with Crippen molar-refractivity contribution in [3.8, 4) is 0 Å². The Bertz CT molecular complexity index is 863. The molecule has 4 nitrogen and oxygen atoms in total. The van der Waals surface area contributed by atoms with Crippen LogP contribution in [0.1, 0.15) is 11.4 Å². The monoisotopic (exact) mass is 381 g/mol. The highest BCUT2D eigenvalue weighted by Crippen LogP contribution is 2.28. The molecule has 3 rings (SSSR count). The van der Waals surface area contributed by atoms with Crippen molar-refractivity contribution in [2.75, 3.05) is 11.1 Å². The van der Waals surface area contributed by atoms with E-state index in [9.17, 15) is 4.79 Å². The van der Waals surface area contributed by atoms with E-state index in [0.717, 1.165) is 22.0 Å². The fourth-order valence-corrected chi connectivity index (χ4v) is 3.90. The zero-order chi connectivity index (χ0) is 18.4. The van der Waals surface area contributed by atoms with E-state index in [1.165, 1.54) is 16.7 Å². The molecule has 0 unspecified atom stereocenters. The third-order valence-electron chi connectivity index (χ3n) is 3.41. The van der Waals surface area contributed by atoms with Crippen LogP contribution in [0.2, 0.25) is 0 Å². The molecule has 1 aromatic heterocycles. The Morgan fingerprint density at radius 1 is 0.923 bits per heavy atom. The normalized spacial score (nSPS) is 10.5. The SMILES string of the molecule is Cc1cc(C)nc(SCC(=O)Nc2ccc(Sc3ccccc3)cc2)n1. The fourth-order valence-electron chi connectivity index (χ4n) is 2.32. The molecule has 0 saturated heterocycles. The van der Waals surface area contributed by atoms with E-state index in [4.69, 9.17) is 0 Å². The second-order valence-electron chi connectivity index (χ2n) is 5.71. The van der Waals surface area contributed by atoms with Gasteiger partial charge in [-0.15, -0.1) is 0 Å². The molecule has 0 aliphatic carbocycles. The van der Waals surface area contributed by atoms with Gasteiger partial charge >= 0.3 is 0 Å². The molecule has 1 heterocycles. The zero-order valence-corrected chi connectivity index (χ0v) is 16.2. The van der Waals surface area contributed by atoms with Crippen LogP contribution in [0.15, 0.2) is 75.6 Å². The summed E-state index contributed by atoms with van der Waals surface area (Å²) in [6.07, 6.45) is 0. The van der Waals surface area contributed by atoms with Gasteiger partial charge in [-0.05, 0) is 56.3 Å². The van der Waals surface area contributed by atoms with E-state index in [1.807, 2.05) is 62.4 Å². The van der Waals surface area contributed by atoms with E-state index < -0.39 is 0 Å². The average molecular weight is 382 g/mol. The molecule has 0 bridgehead atoms. The summed E-state index contributed by atoms with van der Waals surface area (Å²) in [4.78, 5) is 23.1. The van der Waals surface area contributed by atoms with E-state index in [1.54, 1.807) is 11.8 Å². The minimum atomic E-state index is -0.0683. The minimum absolute atomic E-state index is 0.0683. The lowest BCUT2D eigenvalue weighted by Gasteiger charge is -2.07. The number of anilines is 1. The van der Waals surface area contributed by atoms with Crippen molar-refractivity contribution in [2.45, 2.75) is 28.8 Å². The van der Waals surface area contributed by atoms with Gasteiger partial charge in [-0.3, -0.25) is 4.79 Å². The molecule has 6 heteroatoms. The number of nitrogens with zero attached hydrogens (tertiary/aromatic N) is 2. The third kappa shape index (κ3) is 5.61. The Morgan fingerprint density at radius 3 is 2.19 bits per heavy atom. The lowest BCUT2D eigenvalue weighted by molar-refractivity contribution is -0.113. The van der Waals surface area contributed by atoms with Crippen molar-refractivity contribution < 1.29 is 4.79 Å². The number of rotatable bonds is 6. The van der Waals surface area contributed by atoms with E-state index in [0.29, 0.717) is 5.16 Å². The highest BCUT2D eigenvalue weighted by molar-refractivity contribution is 7.99. The van der Waals surface area contributed by atoms with Crippen LogP contribution in [-0.4, -0.2) is 21.6 Å². The fraction of sp³-hybridized carbons (Fsp3) is 0.150. The second-order valence-corrected chi connectivity index (χ2v) is 7.80. The first-order valence-corrected chi connectivity index (χ1v) is 9.96. The third-order valence-corrected chi connectivity index (χ3v) is 5.27. The van der Waals surface area contributed by atoms with Gasteiger partial charge in [0.25, 0.3) is 0 Å². The molecule has 0 saturated carbocycles. The van der Waals surface area contributed by atoms with Gasteiger partial charge in [-0.2, -0.15) is 0 Å². The molecule has 0 aliphatic heterocycles. The number of carbonyl (C=O) groups is 1. The molecule has 1 amide bonds. The summed E-state index contributed by atoms with van der Waals surface area (Å²) < 4.78 is 0. The number of aryl methyl sites for hydroxylation is 2. The van der Waals surface area contributed by atoms with Crippen molar-refractivity contribution in [2.24, 2.45) is 0 Å². The number of hydrogen-bond donors (Lipinski definition) is 1. The Balaban J connectivity index is 1.52. The van der Waals surface area contributed by atoms with Crippen LogP contribution < -0.4 is 5.32 Å². The first kappa shape index (κ1) is 18.5. The predicted octanol–water partition coefficient (Wildman–Crippen LogP) is 4.98. The molecule has 0 fully saturated rings. The maximum absolute atomic E-state index is 12.1. The van der Waals surface area contributed by atoms with E-state index >= 15 is 0 Å². The molecule has 1 N–H and O–H groups in total. The second kappa shape index (κ2) is 8.87. The Labute approximate surface area is 161 Å². The van der Waals surface area contributed by atoms with Crippen molar-refractivity contribution in [3.05, 3.63) is 72.1 Å².